The van der Waals surface area contributed by atoms with E-state index in [2.05, 4.69) is 28.0 Å². The summed E-state index contributed by atoms with van der Waals surface area (Å²) < 4.78 is 13.8. The van der Waals surface area contributed by atoms with E-state index in [4.69, 9.17) is 20.6 Å². The standard InChI is InChI=1S/C32H32N6O3/c1-37-13-9-21(10-14-37)20-40-31(39)29-17-23-7-8-24(30(33)34)18-28(23)38(29)19-25-16-26(41-32-35-11-4-12-36-32)15-22-5-2-3-6-27(22)25/h2-8,11-12,15-18,21H,9-10,13-14,19-20H2,1H3,(H3,33,34). The summed E-state index contributed by atoms with van der Waals surface area (Å²) in [5.41, 5.74) is 8.62. The normalized spacial score (nSPS) is 14.4. The Morgan fingerprint density at radius 3 is 2.56 bits per heavy atom. The first kappa shape index (κ1) is 26.5. The fraction of sp³-hybridized carbons (Fsp3) is 0.250. The topological polar surface area (TPSA) is 119 Å². The highest BCUT2D eigenvalue weighted by molar-refractivity contribution is 6.01. The van der Waals surface area contributed by atoms with Crippen molar-refractivity contribution in [3.63, 3.8) is 0 Å². The first-order valence-electron chi connectivity index (χ1n) is 13.7. The molecule has 3 N–H and O–H groups in total. The van der Waals surface area contributed by atoms with Gasteiger partial charge in [0, 0.05) is 35.4 Å². The van der Waals surface area contributed by atoms with Crippen LogP contribution in [0.25, 0.3) is 21.7 Å². The fourth-order valence-corrected chi connectivity index (χ4v) is 5.42. The van der Waals surface area contributed by atoms with E-state index in [9.17, 15) is 4.79 Å². The van der Waals surface area contributed by atoms with E-state index < -0.39 is 0 Å². The van der Waals surface area contributed by atoms with E-state index >= 15 is 0 Å². The Kier molecular flexibility index (Phi) is 7.35. The van der Waals surface area contributed by atoms with Gasteiger partial charge in [-0.2, -0.15) is 0 Å². The van der Waals surface area contributed by atoms with Crippen LogP contribution in [0.4, 0.5) is 0 Å². The highest BCUT2D eigenvalue weighted by Crippen LogP contribution is 2.31. The molecule has 9 heteroatoms. The van der Waals surface area contributed by atoms with Crippen LogP contribution in [0.1, 0.15) is 34.5 Å². The van der Waals surface area contributed by atoms with Crippen molar-refractivity contribution in [2.24, 2.45) is 11.7 Å². The van der Waals surface area contributed by atoms with Gasteiger partial charge < -0.3 is 24.7 Å². The second kappa shape index (κ2) is 11.4. The molecule has 1 aliphatic heterocycles. The molecule has 0 bridgehead atoms. The van der Waals surface area contributed by atoms with Crippen LogP contribution in [-0.2, 0) is 11.3 Å². The van der Waals surface area contributed by atoms with Gasteiger partial charge in [0.1, 0.15) is 17.3 Å². The number of piperidine rings is 1. The van der Waals surface area contributed by atoms with Crippen LogP contribution in [0.2, 0.25) is 0 Å². The van der Waals surface area contributed by atoms with Gasteiger partial charge in [-0.05, 0) is 85.6 Å². The molecule has 3 aromatic carbocycles. The van der Waals surface area contributed by atoms with E-state index in [-0.39, 0.29) is 17.8 Å². The molecule has 1 fully saturated rings. The first-order chi connectivity index (χ1) is 19.9. The average molecular weight is 549 g/mol. The van der Waals surface area contributed by atoms with Crippen molar-refractivity contribution >= 4 is 33.5 Å². The van der Waals surface area contributed by atoms with Gasteiger partial charge in [-0.3, -0.25) is 5.41 Å². The second-order valence-corrected chi connectivity index (χ2v) is 10.6. The summed E-state index contributed by atoms with van der Waals surface area (Å²) in [7, 11) is 2.12. The largest absolute Gasteiger partial charge is 0.461 e. The van der Waals surface area contributed by atoms with Gasteiger partial charge in [0.2, 0.25) is 0 Å². The molecule has 6 rings (SSSR count). The van der Waals surface area contributed by atoms with Gasteiger partial charge in [-0.15, -0.1) is 0 Å². The van der Waals surface area contributed by atoms with Crippen LogP contribution >= 0.6 is 0 Å². The minimum Gasteiger partial charge on any atom is -0.461 e. The monoisotopic (exact) mass is 548 g/mol. The third-order valence-corrected chi connectivity index (χ3v) is 7.71. The fourth-order valence-electron chi connectivity index (χ4n) is 5.42. The molecule has 1 aliphatic rings. The number of amidine groups is 1. The van der Waals surface area contributed by atoms with Crippen molar-refractivity contribution in [1.82, 2.24) is 19.4 Å². The summed E-state index contributed by atoms with van der Waals surface area (Å²) in [6.45, 7) is 2.79. The number of ether oxygens (including phenoxy) is 2. The lowest BCUT2D eigenvalue weighted by Crippen LogP contribution is -2.32. The molecule has 41 heavy (non-hydrogen) atoms. The maximum Gasteiger partial charge on any atom is 0.355 e. The number of nitrogens with two attached hydrogens (primary N) is 1. The van der Waals surface area contributed by atoms with Crippen LogP contribution < -0.4 is 10.5 Å². The molecule has 208 valence electrons. The predicted molar refractivity (Wildman–Crippen MR) is 159 cm³/mol. The molecule has 0 aliphatic carbocycles. The van der Waals surface area contributed by atoms with Crippen LogP contribution in [0.5, 0.6) is 11.8 Å². The number of fused-ring (bicyclic) bond motifs is 2. The third kappa shape index (κ3) is 5.76. The molecule has 0 amide bonds. The number of esters is 1. The van der Waals surface area contributed by atoms with E-state index in [1.54, 1.807) is 24.5 Å². The molecule has 9 nitrogen and oxygen atoms in total. The molecular weight excluding hydrogens is 516 g/mol. The Hall–Kier alpha value is -4.76. The Balaban J connectivity index is 1.39. The number of nitrogens with one attached hydrogen (secondary N) is 1. The Morgan fingerprint density at radius 1 is 1.00 bits per heavy atom. The van der Waals surface area contributed by atoms with Crippen molar-refractivity contribution in [3.05, 3.63) is 95.9 Å². The number of carbonyl (C=O) groups excluding carboxylic acids is 1. The molecule has 0 radical (unpaired) electrons. The summed E-state index contributed by atoms with van der Waals surface area (Å²) >= 11 is 0. The van der Waals surface area contributed by atoms with Crippen LogP contribution in [-0.4, -0.2) is 58.0 Å². The number of hydrogen-bond donors (Lipinski definition) is 2. The number of nitrogens with zero attached hydrogens (tertiary/aromatic N) is 4. The molecule has 0 saturated carbocycles. The molecule has 3 heterocycles. The van der Waals surface area contributed by atoms with Gasteiger partial charge in [-0.1, -0.05) is 36.4 Å². The lowest BCUT2D eigenvalue weighted by atomic mass is 9.98. The molecule has 1 saturated heterocycles. The van der Waals surface area contributed by atoms with Gasteiger partial charge >= 0.3 is 12.0 Å². The quantitative estimate of drug-likeness (QED) is 0.155. The third-order valence-electron chi connectivity index (χ3n) is 7.71. The number of rotatable bonds is 8. The Morgan fingerprint density at radius 2 is 1.78 bits per heavy atom. The lowest BCUT2D eigenvalue weighted by Gasteiger charge is -2.28. The van der Waals surface area contributed by atoms with Gasteiger partial charge in [-0.25, -0.2) is 14.8 Å². The summed E-state index contributed by atoms with van der Waals surface area (Å²) in [5, 5.41) is 10.9. The number of benzene rings is 3. The number of aromatic nitrogens is 3. The molecule has 2 aromatic heterocycles. The average Bonchev–Trinajstić information content (AvgIpc) is 3.35. The highest BCUT2D eigenvalue weighted by atomic mass is 16.5. The highest BCUT2D eigenvalue weighted by Gasteiger charge is 2.22. The van der Waals surface area contributed by atoms with Crippen molar-refractivity contribution in [2.45, 2.75) is 19.4 Å². The lowest BCUT2D eigenvalue weighted by molar-refractivity contribution is 0.0373. The van der Waals surface area contributed by atoms with E-state index in [1.165, 1.54) is 0 Å². The van der Waals surface area contributed by atoms with E-state index in [1.807, 2.05) is 53.1 Å². The summed E-state index contributed by atoms with van der Waals surface area (Å²) in [6, 6.07) is 21.3. The number of carbonyl (C=O) groups is 1. The first-order valence-corrected chi connectivity index (χ1v) is 13.7. The molecule has 0 spiro atoms. The zero-order chi connectivity index (χ0) is 28.3. The van der Waals surface area contributed by atoms with Crippen LogP contribution in [0, 0.1) is 11.3 Å². The smallest absolute Gasteiger partial charge is 0.355 e. The maximum absolute atomic E-state index is 13.6. The van der Waals surface area contributed by atoms with Crippen molar-refractivity contribution in [1.29, 1.82) is 5.41 Å². The zero-order valence-corrected chi connectivity index (χ0v) is 22.9. The molecular formula is C32H32N6O3. The Labute approximate surface area is 238 Å². The summed E-state index contributed by atoms with van der Waals surface area (Å²) in [5.74, 6) is 0.557. The van der Waals surface area contributed by atoms with Gasteiger partial charge in [0.25, 0.3) is 0 Å². The second-order valence-electron chi connectivity index (χ2n) is 10.6. The molecule has 0 unspecified atom stereocenters. The van der Waals surface area contributed by atoms with E-state index in [0.717, 1.165) is 53.2 Å². The summed E-state index contributed by atoms with van der Waals surface area (Å²) in [4.78, 5) is 24.2. The van der Waals surface area contributed by atoms with Crippen molar-refractivity contribution in [2.75, 3.05) is 26.7 Å². The van der Waals surface area contributed by atoms with Crippen LogP contribution in [0.15, 0.2) is 79.1 Å². The van der Waals surface area contributed by atoms with Gasteiger partial charge in [0.15, 0.2) is 0 Å². The molecule has 0 atom stereocenters. The minimum atomic E-state index is -0.362. The maximum atomic E-state index is 13.6. The summed E-state index contributed by atoms with van der Waals surface area (Å²) in [6.07, 6.45) is 5.29. The van der Waals surface area contributed by atoms with Crippen molar-refractivity contribution < 1.29 is 14.3 Å². The number of likely N-dealkylation sites (tertiary alicyclic amines) is 1. The van der Waals surface area contributed by atoms with Crippen molar-refractivity contribution in [3.8, 4) is 11.8 Å². The zero-order valence-electron chi connectivity index (χ0n) is 22.9. The SMILES string of the molecule is CN1CCC(COC(=O)c2cc3ccc(C(=N)N)cc3n2Cc2cc(Oc3ncccn3)cc3ccccc23)CC1. The molecule has 5 aromatic rings. The number of nitrogen functional groups attached to an aromatic ring is 1. The minimum absolute atomic E-state index is 0.0326. The van der Waals surface area contributed by atoms with Crippen LogP contribution in [0.3, 0.4) is 0 Å². The van der Waals surface area contributed by atoms with E-state index in [0.29, 0.717) is 36.1 Å². The number of hydrogen-bond acceptors (Lipinski definition) is 7. The predicted octanol–water partition coefficient (Wildman–Crippen LogP) is 5.21. The Bertz CT molecular complexity index is 1720. The van der Waals surface area contributed by atoms with Gasteiger partial charge in [0.05, 0.1) is 6.61 Å².